The zero-order chi connectivity index (χ0) is 20.5. The van der Waals surface area contributed by atoms with E-state index in [1.54, 1.807) is 35.5 Å². The lowest BCUT2D eigenvalue weighted by molar-refractivity contribution is -0.136. The van der Waals surface area contributed by atoms with Crippen molar-refractivity contribution < 1.29 is 9.32 Å². The monoisotopic (exact) mass is 402 g/mol. The normalized spacial score (nSPS) is 14.1. The number of benzene rings is 1. The minimum absolute atomic E-state index is 0.0155. The van der Waals surface area contributed by atoms with E-state index in [-0.39, 0.29) is 23.8 Å². The maximum Gasteiger partial charge on any atom is 0.261 e. The van der Waals surface area contributed by atoms with Crippen LogP contribution in [-0.2, 0) is 11.3 Å². The van der Waals surface area contributed by atoms with E-state index in [1.807, 2.05) is 18.2 Å². The molecule has 0 N–H and O–H groups in total. The molecule has 3 aromatic heterocycles. The molecule has 1 amide bonds. The third-order valence-corrected chi connectivity index (χ3v) is 5.24. The van der Waals surface area contributed by atoms with Crippen molar-refractivity contribution in [2.24, 2.45) is 0 Å². The summed E-state index contributed by atoms with van der Waals surface area (Å²) in [4.78, 5) is 39.5. The van der Waals surface area contributed by atoms with Crippen molar-refractivity contribution >= 4 is 16.8 Å². The second-order valence-corrected chi connectivity index (χ2v) is 7.20. The molecule has 0 unspecified atom stereocenters. The zero-order valence-electron chi connectivity index (χ0n) is 16.0. The lowest BCUT2D eigenvalue weighted by Gasteiger charge is -2.37. The van der Waals surface area contributed by atoms with E-state index in [0.29, 0.717) is 42.3 Å². The number of likely N-dealkylation sites (tertiary alicyclic amines) is 1. The van der Waals surface area contributed by atoms with Crippen LogP contribution >= 0.6 is 0 Å². The average Bonchev–Trinajstić information content (AvgIpc) is 3.23. The number of nitrogens with zero attached hydrogens (tertiary/aromatic N) is 6. The quantitative estimate of drug-likeness (QED) is 0.501. The Kier molecular flexibility index (Phi) is 4.55. The molecule has 1 fully saturated rings. The Bertz CT molecular complexity index is 1260. The second-order valence-electron chi connectivity index (χ2n) is 7.20. The predicted octanol–water partition coefficient (Wildman–Crippen LogP) is 1.86. The van der Waals surface area contributed by atoms with Gasteiger partial charge in [-0.05, 0) is 24.3 Å². The average molecular weight is 402 g/mol. The number of carbonyl (C=O) groups is 1. The maximum absolute atomic E-state index is 12.5. The van der Waals surface area contributed by atoms with Gasteiger partial charge in [-0.2, -0.15) is 4.98 Å². The van der Waals surface area contributed by atoms with Gasteiger partial charge < -0.3 is 9.42 Å². The van der Waals surface area contributed by atoms with Crippen LogP contribution < -0.4 is 5.56 Å². The first kappa shape index (κ1) is 18.2. The Labute approximate surface area is 171 Å². The lowest BCUT2D eigenvalue weighted by Crippen LogP contribution is -2.48. The molecule has 0 atom stereocenters. The van der Waals surface area contributed by atoms with Crippen LogP contribution in [0.1, 0.15) is 18.2 Å². The summed E-state index contributed by atoms with van der Waals surface area (Å²) in [6.07, 6.45) is 5.09. The summed E-state index contributed by atoms with van der Waals surface area (Å²) in [6, 6.07) is 10.9. The number of para-hydroxylation sites is 1. The smallest absolute Gasteiger partial charge is 0.261 e. The molecule has 9 nitrogen and oxygen atoms in total. The molecule has 0 radical (unpaired) electrons. The molecule has 9 heteroatoms. The molecule has 150 valence electrons. The van der Waals surface area contributed by atoms with Crippen LogP contribution in [0.15, 0.2) is 64.4 Å². The molecule has 5 rings (SSSR count). The Balaban J connectivity index is 1.18. The number of aryl methyl sites for hydroxylation is 1. The SMILES string of the molecule is O=C(CCn1cnc2ccccc2c1=O)N1CC(c2nc(-c3cccnc3)no2)C1. The van der Waals surface area contributed by atoms with E-state index in [9.17, 15) is 9.59 Å². The molecule has 1 aliphatic rings. The minimum atomic E-state index is -0.135. The third kappa shape index (κ3) is 3.34. The number of fused-ring (bicyclic) bond motifs is 1. The number of pyridine rings is 1. The molecule has 4 aromatic rings. The molecule has 0 saturated carbocycles. The van der Waals surface area contributed by atoms with E-state index in [4.69, 9.17) is 4.52 Å². The number of aromatic nitrogens is 5. The van der Waals surface area contributed by atoms with Crippen LogP contribution in [0.25, 0.3) is 22.3 Å². The molecule has 1 saturated heterocycles. The molecule has 0 spiro atoms. The molecule has 0 bridgehead atoms. The summed E-state index contributed by atoms with van der Waals surface area (Å²) < 4.78 is 6.84. The highest BCUT2D eigenvalue weighted by Crippen LogP contribution is 2.27. The first-order valence-electron chi connectivity index (χ1n) is 9.65. The van der Waals surface area contributed by atoms with Crippen molar-refractivity contribution in [1.82, 2.24) is 29.6 Å². The summed E-state index contributed by atoms with van der Waals surface area (Å²) >= 11 is 0. The Morgan fingerprint density at radius 1 is 1.17 bits per heavy atom. The van der Waals surface area contributed by atoms with Gasteiger partial charge in [0.25, 0.3) is 5.56 Å². The first-order valence-corrected chi connectivity index (χ1v) is 9.65. The van der Waals surface area contributed by atoms with Gasteiger partial charge in [-0.25, -0.2) is 4.98 Å². The van der Waals surface area contributed by atoms with Crippen LogP contribution in [0.5, 0.6) is 0 Å². The number of carbonyl (C=O) groups excluding carboxylic acids is 1. The van der Waals surface area contributed by atoms with Crippen molar-refractivity contribution in [3.63, 3.8) is 0 Å². The predicted molar refractivity (Wildman–Crippen MR) is 107 cm³/mol. The molecule has 1 aliphatic heterocycles. The molecular formula is C21H18N6O3. The summed E-state index contributed by atoms with van der Waals surface area (Å²) in [5.74, 6) is 1.02. The van der Waals surface area contributed by atoms with E-state index in [2.05, 4.69) is 20.1 Å². The van der Waals surface area contributed by atoms with Crippen molar-refractivity contribution in [2.75, 3.05) is 13.1 Å². The van der Waals surface area contributed by atoms with E-state index < -0.39 is 0 Å². The maximum atomic E-state index is 12.5. The summed E-state index contributed by atoms with van der Waals surface area (Å²) in [7, 11) is 0. The van der Waals surface area contributed by atoms with Crippen molar-refractivity contribution in [1.29, 1.82) is 0 Å². The summed E-state index contributed by atoms with van der Waals surface area (Å²) in [5.41, 5.74) is 1.30. The number of amides is 1. The van der Waals surface area contributed by atoms with Gasteiger partial charge in [0.05, 0.1) is 23.1 Å². The number of rotatable bonds is 5. The Hall–Kier alpha value is -3.88. The van der Waals surface area contributed by atoms with Crippen LogP contribution in [0, 0.1) is 0 Å². The second kappa shape index (κ2) is 7.51. The Morgan fingerprint density at radius 2 is 2.03 bits per heavy atom. The lowest BCUT2D eigenvalue weighted by atomic mass is 9.99. The highest BCUT2D eigenvalue weighted by atomic mass is 16.5. The van der Waals surface area contributed by atoms with Gasteiger partial charge in [0.1, 0.15) is 0 Å². The zero-order valence-corrected chi connectivity index (χ0v) is 16.0. The number of hydrogen-bond acceptors (Lipinski definition) is 7. The van der Waals surface area contributed by atoms with Crippen molar-refractivity contribution in [3.8, 4) is 11.4 Å². The topological polar surface area (TPSA) is 107 Å². The fourth-order valence-electron chi connectivity index (χ4n) is 3.49. The molecular weight excluding hydrogens is 384 g/mol. The van der Waals surface area contributed by atoms with Gasteiger partial charge in [-0.3, -0.25) is 19.1 Å². The Morgan fingerprint density at radius 3 is 2.87 bits per heavy atom. The summed E-state index contributed by atoms with van der Waals surface area (Å²) in [6.45, 7) is 1.35. The largest absolute Gasteiger partial charge is 0.341 e. The third-order valence-electron chi connectivity index (χ3n) is 5.24. The van der Waals surface area contributed by atoms with Gasteiger partial charge in [0.15, 0.2) is 0 Å². The molecule has 4 heterocycles. The highest BCUT2D eigenvalue weighted by molar-refractivity contribution is 5.78. The van der Waals surface area contributed by atoms with E-state index in [0.717, 1.165) is 5.56 Å². The van der Waals surface area contributed by atoms with Gasteiger partial charge in [0.2, 0.25) is 17.6 Å². The van der Waals surface area contributed by atoms with Crippen LogP contribution in [0.2, 0.25) is 0 Å². The standard InChI is InChI=1S/C21H18N6O3/c28-18(7-9-26-13-23-17-6-2-1-5-16(17)21(26)29)27-11-15(12-27)20-24-19(25-30-20)14-4-3-8-22-10-14/h1-6,8,10,13,15H,7,9,11-12H2. The van der Waals surface area contributed by atoms with Crippen LogP contribution in [-0.4, -0.2) is 48.6 Å². The van der Waals surface area contributed by atoms with Crippen molar-refractivity contribution in [2.45, 2.75) is 18.9 Å². The van der Waals surface area contributed by atoms with Gasteiger partial charge in [-0.1, -0.05) is 17.3 Å². The van der Waals surface area contributed by atoms with Crippen LogP contribution in [0.4, 0.5) is 0 Å². The first-order chi connectivity index (χ1) is 14.7. The molecule has 0 aliphatic carbocycles. The molecule has 30 heavy (non-hydrogen) atoms. The molecule has 1 aromatic carbocycles. The van der Waals surface area contributed by atoms with Crippen LogP contribution in [0.3, 0.4) is 0 Å². The minimum Gasteiger partial charge on any atom is -0.341 e. The highest BCUT2D eigenvalue weighted by Gasteiger charge is 2.35. The van der Waals surface area contributed by atoms with Gasteiger partial charge in [0, 0.05) is 44.0 Å². The van der Waals surface area contributed by atoms with Gasteiger partial charge >= 0.3 is 0 Å². The summed E-state index contributed by atoms with van der Waals surface area (Å²) in [5, 5.41) is 4.55. The fourth-order valence-corrected chi connectivity index (χ4v) is 3.49. The number of hydrogen-bond donors (Lipinski definition) is 0. The van der Waals surface area contributed by atoms with E-state index in [1.165, 1.54) is 10.9 Å². The van der Waals surface area contributed by atoms with Crippen molar-refractivity contribution in [3.05, 3.63) is 71.4 Å². The fraction of sp³-hybridized carbons (Fsp3) is 0.238. The van der Waals surface area contributed by atoms with E-state index >= 15 is 0 Å². The van der Waals surface area contributed by atoms with Gasteiger partial charge in [-0.15, -0.1) is 0 Å².